The number of nitrogens with zero attached hydrogens (tertiary/aromatic N) is 1. The van der Waals surface area contributed by atoms with Crippen molar-refractivity contribution >= 4 is 29.0 Å². The van der Waals surface area contributed by atoms with Crippen molar-refractivity contribution in [1.29, 1.82) is 0 Å². The van der Waals surface area contributed by atoms with Crippen LogP contribution in [0.2, 0.25) is 0 Å². The number of carbonyl (C=O) groups excluding carboxylic acids is 5. The van der Waals surface area contributed by atoms with Crippen molar-refractivity contribution in [3.63, 3.8) is 0 Å². The fourth-order valence-electron chi connectivity index (χ4n) is 7.51. The second kappa shape index (κ2) is 10.8. The molecule has 1 amide bonds. The smallest absolute Gasteiger partial charge is 0.417 e. The first-order valence-electron chi connectivity index (χ1n) is 14.4. The number of hydrogen-bond donors (Lipinski definition) is 4. The number of phenolic OH excluding ortho intramolecular Hbond substituents is 1. The number of carbonyl (C=O) groups is 5. The van der Waals surface area contributed by atoms with Crippen LogP contribution in [0.25, 0.3) is 0 Å². The molecule has 0 spiro atoms. The number of primary amides is 1. The van der Waals surface area contributed by atoms with E-state index in [4.69, 9.17) is 5.73 Å². The van der Waals surface area contributed by atoms with Crippen LogP contribution in [0.5, 0.6) is 5.75 Å². The van der Waals surface area contributed by atoms with Gasteiger partial charge in [-0.2, -0.15) is 13.2 Å². The summed E-state index contributed by atoms with van der Waals surface area (Å²) in [4.78, 5) is 67.8. The van der Waals surface area contributed by atoms with E-state index >= 15 is 0 Å². The fraction of sp³-hybridized carbons (Fsp3) is 0.469. The molecule has 6 atom stereocenters. The molecular formula is C32H34F3N3O7. The molecule has 3 aliphatic carbocycles. The first kappa shape index (κ1) is 32.5. The number of alkyl halides is 3. The second-order valence-electron chi connectivity index (χ2n) is 12.9. The summed E-state index contributed by atoms with van der Waals surface area (Å²) in [7, 11) is 2.84. The number of Topliss-reactive ketones (excluding diaryl/α,β-unsaturated/α-hetero) is 4. The molecule has 0 heterocycles. The van der Waals surface area contributed by atoms with Gasteiger partial charge in [0, 0.05) is 18.0 Å². The molecule has 2 saturated carbocycles. The minimum Gasteiger partial charge on any atom is -0.507 e. The van der Waals surface area contributed by atoms with E-state index in [1.807, 2.05) is 12.1 Å². The number of aliphatic hydroxyl groups is 1. The highest BCUT2D eigenvalue weighted by Crippen LogP contribution is 2.52. The average molecular weight is 630 g/mol. The van der Waals surface area contributed by atoms with Crippen LogP contribution in [0.4, 0.5) is 13.2 Å². The first-order valence-corrected chi connectivity index (χ1v) is 14.4. The van der Waals surface area contributed by atoms with Crippen LogP contribution in [0, 0.1) is 23.7 Å². The van der Waals surface area contributed by atoms with Crippen LogP contribution in [0.3, 0.4) is 0 Å². The van der Waals surface area contributed by atoms with E-state index in [2.05, 4.69) is 5.32 Å². The van der Waals surface area contributed by atoms with Gasteiger partial charge in [0.25, 0.3) is 0 Å². The van der Waals surface area contributed by atoms with Gasteiger partial charge in [-0.15, -0.1) is 0 Å². The monoisotopic (exact) mass is 629 g/mol. The average Bonchev–Trinajstić information content (AvgIpc) is 2.93. The number of phenols is 1. The normalized spacial score (nSPS) is 28.5. The van der Waals surface area contributed by atoms with Crippen molar-refractivity contribution in [2.75, 3.05) is 14.1 Å². The molecule has 2 unspecified atom stereocenters. The topological polar surface area (TPSA) is 167 Å². The van der Waals surface area contributed by atoms with Gasteiger partial charge in [0.05, 0.1) is 23.1 Å². The highest BCUT2D eigenvalue weighted by Gasteiger charge is 2.69. The molecule has 0 bridgehead atoms. The Labute approximate surface area is 256 Å². The van der Waals surface area contributed by atoms with Gasteiger partial charge in [-0.05, 0) is 69.5 Å². The molecule has 5 rings (SSSR count). The maximum atomic E-state index is 14.8. The highest BCUT2D eigenvalue weighted by atomic mass is 19.4. The minimum atomic E-state index is -4.96. The van der Waals surface area contributed by atoms with Crippen LogP contribution >= 0.6 is 0 Å². The molecule has 0 radical (unpaired) electrons. The molecule has 0 saturated heterocycles. The van der Waals surface area contributed by atoms with Crippen LogP contribution in [-0.2, 0) is 43.9 Å². The summed E-state index contributed by atoms with van der Waals surface area (Å²) in [5.41, 5.74) is -0.279. The third-order valence-corrected chi connectivity index (χ3v) is 9.65. The van der Waals surface area contributed by atoms with Gasteiger partial charge in [0.1, 0.15) is 5.75 Å². The van der Waals surface area contributed by atoms with Crippen molar-refractivity contribution < 1.29 is 47.4 Å². The number of fused-ring (bicyclic) bond motifs is 3. The van der Waals surface area contributed by atoms with Crippen molar-refractivity contribution in [2.24, 2.45) is 29.4 Å². The third-order valence-electron chi connectivity index (χ3n) is 9.65. The summed E-state index contributed by atoms with van der Waals surface area (Å²) in [6, 6.07) is 8.50. The molecule has 3 aliphatic rings. The zero-order valence-corrected chi connectivity index (χ0v) is 25.1. The Morgan fingerprint density at radius 2 is 1.71 bits per heavy atom. The highest BCUT2D eigenvalue weighted by molar-refractivity contribution is 6.32. The van der Waals surface area contributed by atoms with Gasteiger partial charge in [0.15, 0.2) is 34.7 Å². The summed E-state index contributed by atoms with van der Waals surface area (Å²) in [6.45, 7) is 3.24. The molecule has 240 valence electrons. The molecular weight excluding hydrogens is 595 g/mol. The number of aromatic hydroxyl groups is 1. The number of likely N-dealkylation sites (N-methyl/N-ethyl adjacent to an activating group) is 1. The van der Waals surface area contributed by atoms with Gasteiger partial charge in [-0.3, -0.25) is 28.9 Å². The molecule has 0 aliphatic heterocycles. The van der Waals surface area contributed by atoms with E-state index in [1.165, 1.54) is 19.0 Å². The minimum absolute atomic E-state index is 0.314. The van der Waals surface area contributed by atoms with Crippen LogP contribution in [0.1, 0.15) is 52.9 Å². The van der Waals surface area contributed by atoms with E-state index in [0.717, 1.165) is 11.6 Å². The predicted molar refractivity (Wildman–Crippen MR) is 153 cm³/mol. The first-order chi connectivity index (χ1) is 20.8. The number of nitrogens with one attached hydrogen (secondary N) is 1. The zero-order valence-electron chi connectivity index (χ0n) is 25.1. The van der Waals surface area contributed by atoms with E-state index in [0.29, 0.717) is 0 Å². The third kappa shape index (κ3) is 4.97. The van der Waals surface area contributed by atoms with Gasteiger partial charge in [0.2, 0.25) is 5.91 Å². The van der Waals surface area contributed by atoms with Gasteiger partial charge >= 0.3 is 6.18 Å². The molecule has 2 fully saturated rings. The Balaban J connectivity index is 1.60. The lowest BCUT2D eigenvalue weighted by molar-refractivity contribution is -0.181. The molecule has 2 aromatic carbocycles. The molecule has 13 heteroatoms. The summed E-state index contributed by atoms with van der Waals surface area (Å²) >= 11 is 0. The Hall–Kier alpha value is -3.94. The van der Waals surface area contributed by atoms with E-state index in [-0.39, 0.29) is 18.5 Å². The van der Waals surface area contributed by atoms with E-state index < -0.39 is 105 Å². The Morgan fingerprint density at radius 3 is 2.27 bits per heavy atom. The number of nitrogens with two attached hydrogens (primary N) is 1. The second-order valence-corrected chi connectivity index (χ2v) is 12.9. The zero-order chi connectivity index (χ0) is 33.4. The van der Waals surface area contributed by atoms with Crippen molar-refractivity contribution in [2.45, 2.75) is 56.6 Å². The maximum absolute atomic E-state index is 14.8. The summed E-state index contributed by atoms with van der Waals surface area (Å²) in [5, 5.41) is 25.7. The molecule has 10 nitrogen and oxygen atoms in total. The SMILES string of the molecule is CN(C)[C@@H]1C(=O)C(C(N)=O)C(=O)[C@@]2(O)C(=O)C3C(=O)c4c(O)cc(CNC(C)(C)c5ccccc5)c(C(F)(F)F)c4C[C@H]3C[C@@H]12. The number of amides is 1. The Bertz CT molecular complexity index is 1620. The lowest BCUT2D eigenvalue weighted by Crippen LogP contribution is -2.74. The number of halogens is 3. The molecule has 2 aromatic rings. The predicted octanol–water partition coefficient (Wildman–Crippen LogP) is 1.91. The molecule has 45 heavy (non-hydrogen) atoms. The lowest BCUT2D eigenvalue weighted by Gasteiger charge is -2.52. The Kier molecular flexibility index (Phi) is 7.82. The van der Waals surface area contributed by atoms with Gasteiger partial charge in [-0.1, -0.05) is 30.3 Å². The number of rotatable bonds is 6. The summed E-state index contributed by atoms with van der Waals surface area (Å²) < 4.78 is 44.4. The summed E-state index contributed by atoms with van der Waals surface area (Å²) in [6.07, 6.45) is -5.81. The van der Waals surface area contributed by atoms with Crippen LogP contribution < -0.4 is 11.1 Å². The maximum Gasteiger partial charge on any atom is 0.417 e. The van der Waals surface area contributed by atoms with E-state index in [1.54, 1.807) is 32.0 Å². The quantitative estimate of drug-likeness (QED) is 0.349. The van der Waals surface area contributed by atoms with Crippen molar-refractivity contribution in [3.05, 3.63) is 64.2 Å². The van der Waals surface area contributed by atoms with Gasteiger partial charge in [-0.25, -0.2) is 0 Å². The van der Waals surface area contributed by atoms with Crippen LogP contribution in [0.15, 0.2) is 36.4 Å². The summed E-state index contributed by atoms with van der Waals surface area (Å²) in [5.74, 6) is -13.6. The van der Waals surface area contributed by atoms with Crippen LogP contribution in [-0.4, -0.2) is 69.9 Å². The molecule has 0 aromatic heterocycles. The van der Waals surface area contributed by atoms with Crippen molar-refractivity contribution in [1.82, 2.24) is 10.2 Å². The van der Waals surface area contributed by atoms with Crippen molar-refractivity contribution in [3.8, 4) is 5.75 Å². The Morgan fingerprint density at radius 1 is 1.09 bits per heavy atom. The standard InChI is InChI=1S/C32H34F3N3O7/c1-30(2,16-8-6-5-7-9-16)37-13-15-12-19(39)21-17(23(15)32(33,34)35)10-14-11-18-24(38(3)4)26(41)22(29(36)44)28(43)31(18,45)27(42)20(14)25(21)40/h5-9,12,14,18,20,22,24,37,39,45H,10-11,13H2,1-4H3,(H2,36,44)/t14-,18-,20?,22?,24-,31-/m0/s1. The number of hydrogen-bond acceptors (Lipinski definition) is 9. The molecule has 5 N–H and O–H groups in total. The lowest BCUT2D eigenvalue weighted by atomic mass is 9.52. The number of benzene rings is 2. The number of ketones is 4. The van der Waals surface area contributed by atoms with E-state index in [9.17, 15) is 47.4 Å². The van der Waals surface area contributed by atoms with Gasteiger partial charge < -0.3 is 21.3 Å². The largest absolute Gasteiger partial charge is 0.507 e. The fourth-order valence-corrected chi connectivity index (χ4v) is 7.51.